The van der Waals surface area contributed by atoms with Crippen molar-refractivity contribution in [3.63, 3.8) is 0 Å². The lowest BCUT2D eigenvalue weighted by Crippen LogP contribution is -2.33. The molecule has 0 heterocycles. The van der Waals surface area contributed by atoms with Gasteiger partial charge in [0.1, 0.15) is 6.54 Å². The molecule has 0 spiro atoms. The van der Waals surface area contributed by atoms with Crippen molar-refractivity contribution in [2.24, 2.45) is 5.73 Å². The fourth-order valence-corrected chi connectivity index (χ4v) is 2.03. The molecule has 1 amide bonds. The largest absolute Gasteiger partial charge is 0.480 e. The summed E-state index contributed by atoms with van der Waals surface area (Å²) in [6, 6.07) is 5.49. The molecule has 5 heteroatoms. The zero-order chi connectivity index (χ0) is 13.3. The van der Waals surface area contributed by atoms with E-state index in [2.05, 4.69) is 0 Å². The van der Waals surface area contributed by atoms with E-state index in [0.29, 0.717) is 11.3 Å². The van der Waals surface area contributed by atoms with Gasteiger partial charge in [-0.05, 0) is 37.5 Å². The second kappa shape index (κ2) is 4.68. The molecule has 1 fully saturated rings. The van der Waals surface area contributed by atoms with Crippen LogP contribution in [0.2, 0.25) is 0 Å². The number of primary amides is 1. The molecule has 0 aromatic heterocycles. The van der Waals surface area contributed by atoms with E-state index in [-0.39, 0.29) is 12.6 Å². The molecule has 0 aliphatic heterocycles. The number of nitrogens with two attached hydrogens (primary N) is 1. The third-order valence-corrected chi connectivity index (χ3v) is 3.02. The van der Waals surface area contributed by atoms with E-state index < -0.39 is 11.9 Å². The number of carboxylic acids is 1. The maximum atomic E-state index is 11.4. The number of rotatable bonds is 5. The van der Waals surface area contributed by atoms with Crippen molar-refractivity contribution in [3.8, 4) is 0 Å². The number of aryl methyl sites for hydroxylation is 1. The van der Waals surface area contributed by atoms with Gasteiger partial charge in [0.05, 0.1) is 11.3 Å². The number of carboxylic acid groups (broad SMARTS) is 1. The topological polar surface area (TPSA) is 83.6 Å². The van der Waals surface area contributed by atoms with E-state index in [4.69, 9.17) is 10.8 Å². The van der Waals surface area contributed by atoms with E-state index >= 15 is 0 Å². The second-order valence-corrected chi connectivity index (χ2v) is 4.64. The molecule has 0 radical (unpaired) electrons. The number of carbonyl (C=O) groups excluding carboxylic acids is 1. The highest BCUT2D eigenvalue weighted by Gasteiger charge is 2.32. The van der Waals surface area contributed by atoms with Gasteiger partial charge in [0.15, 0.2) is 0 Å². The average molecular weight is 248 g/mol. The van der Waals surface area contributed by atoms with Crippen LogP contribution < -0.4 is 10.6 Å². The third-order valence-electron chi connectivity index (χ3n) is 3.02. The quantitative estimate of drug-likeness (QED) is 0.818. The van der Waals surface area contributed by atoms with E-state index in [9.17, 15) is 9.59 Å². The van der Waals surface area contributed by atoms with Crippen LogP contribution >= 0.6 is 0 Å². The van der Waals surface area contributed by atoms with Gasteiger partial charge in [-0.15, -0.1) is 0 Å². The van der Waals surface area contributed by atoms with Crippen LogP contribution in [0.15, 0.2) is 18.2 Å². The van der Waals surface area contributed by atoms with E-state index in [1.807, 2.05) is 13.0 Å². The van der Waals surface area contributed by atoms with Crippen LogP contribution in [0.4, 0.5) is 5.69 Å². The van der Waals surface area contributed by atoms with E-state index in [1.54, 1.807) is 17.0 Å². The fraction of sp³-hybridized carbons (Fsp3) is 0.385. The van der Waals surface area contributed by atoms with E-state index in [0.717, 1.165) is 18.4 Å². The molecule has 1 saturated carbocycles. The Bertz CT molecular complexity index is 495. The molecule has 0 unspecified atom stereocenters. The third kappa shape index (κ3) is 2.61. The lowest BCUT2D eigenvalue weighted by atomic mass is 10.1. The molecule has 0 atom stereocenters. The summed E-state index contributed by atoms with van der Waals surface area (Å²) < 4.78 is 0. The molecule has 0 bridgehead atoms. The Labute approximate surface area is 105 Å². The molecular formula is C13H16N2O3. The Hall–Kier alpha value is -2.04. The van der Waals surface area contributed by atoms with Crippen molar-refractivity contribution in [3.05, 3.63) is 29.3 Å². The van der Waals surface area contributed by atoms with Crippen molar-refractivity contribution >= 4 is 17.6 Å². The Morgan fingerprint density at radius 2 is 2.11 bits per heavy atom. The zero-order valence-electron chi connectivity index (χ0n) is 10.2. The van der Waals surface area contributed by atoms with Crippen molar-refractivity contribution in [2.45, 2.75) is 25.8 Å². The summed E-state index contributed by atoms with van der Waals surface area (Å²) in [7, 11) is 0. The van der Waals surface area contributed by atoms with Crippen molar-refractivity contribution < 1.29 is 14.7 Å². The van der Waals surface area contributed by atoms with Crippen molar-refractivity contribution in [1.29, 1.82) is 0 Å². The standard InChI is InChI=1S/C13H16N2O3/c1-8-2-5-10(13(14)18)11(6-8)15(7-12(16)17)9-3-4-9/h2,5-6,9H,3-4,7H2,1H3,(H2,14,18)(H,16,17). The first-order chi connectivity index (χ1) is 8.49. The number of benzene rings is 1. The van der Waals surface area contributed by atoms with Gasteiger partial charge in [0.25, 0.3) is 5.91 Å². The highest BCUT2D eigenvalue weighted by atomic mass is 16.4. The van der Waals surface area contributed by atoms with Gasteiger partial charge in [0, 0.05) is 6.04 Å². The fourth-order valence-electron chi connectivity index (χ4n) is 2.03. The minimum absolute atomic E-state index is 0.103. The highest BCUT2D eigenvalue weighted by molar-refractivity contribution is 5.99. The number of carbonyl (C=O) groups is 2. The van der Waals surface area contributed by atoms with Gasteiger partial charge in [-0.2, -0.15) is 0 Å². The maximum Gasteiger partial charge on any atom is 0.323 e. The first-order valence-corrected chi connectivity index (χ1v) is 5.88. The molecule has 96 valence electrons. The number of hydrogen-bond donors (Lipinski definition) is 2. The van der Waals surface area contributed by atoms with Gasteiger partial charge < -0.3 is 15.7 Å². The molecule has 1 aliphatic carbocycles. The van der Waals surface area contributed by atoms with Crippen molar-refractivity contribution in [2.75, 3.05) is 11.4 Å². The normalized spacial score (nSPS) is 14.3. The van der Waals surface area contributed by atoms with Crippen molar-refractivity contribution in [1.82, 2.24) is 0 Å². The zero-order valence-corrected chi connectivity index (χ0v) is 10.2. The Morgan fingerprint density at radius 3 is 2.61 bits per heavy atom. The summed E-state index contributed by atoms with van der Waals surface area (Å²) in [4.78, 5) is 24.1. The SMILES string of the molecule is Cc1ccc(C(N)=O)c(N(CC(=O)O)C2CC2)c1. The smallest absolute Gasteiger partial charge is 0.323 e. The Balaban J connectivity index is 2.41. The monoisotopic (exact) mass is 248 g/mol. The molecule has 2 rings (SSSR count). The highest BCUT2D eigenvalue weighted by Crippen LogP contribution is 2.33. The average Bonchev–Trinajstić information content (AvgIpc) is 3.08. The predicted octanol–water partition coefficient (Wildman–Crippen LogP) is 1.15. The minimum Gasteiger partial charge on any atom is -0.480 e. The van der Waals surface area contributed by atoms with Crippen LogP contribution in [-0.4, -0.2) is 29.6 Å². The number of amides is 1. The predicted molar refractivity (Wildman–Crippen MR) is 67.7 cm³/mol. The first-order valence-electron chi connectivity index (χ1n) is 5.88. The number of anilines is 1. The lowest BCUT2D eigenvalue weighted by Gasteiger charge is -2.25. The Kier molecular flexibility index (Phi) is 3.23. The van der Waals surface area contributed by atoms with Crippen LogP contribution in [0.1, 0.15) is 28.8 Å². The summed E-state index contributed by atoms with van der Waals surface area (Å²) in [6.45, 7) is 1.80. The summed E-state index contributed by atoms with van der Waals surface area (Å²) in [5.41, 5.74) is 7.33. The molecular weight excluding hydrogens is 232 g/mol. The molecule has 0 saturated heterocycles. The van der Waals surface area contributed by atoms with Crippen LogP contribution in [0, 0.1) is 6.92 Å². The van der Waals surface area contributed by atoms with Crippen LogP contribution in [0.3, 0.4) is 0 Å². The Morgan fingerprint density at radius 1 is 1.44 bits per heavy atom. The van der Waals surface area contributed by atoms with E-state index in [1.165, 1.54) is 0 Å². The summed E-state index contributed by atoms with van der Waals surface area (Å²) in [6.07, 6.45) is 1.92. The first kappa shape index (κ1) is 12.4. The molecule has 1 aromatic carbocycles. The number of hydrogen-bond acceptors (Lipinski definition) is 3. The summed E-state index contributed by atoms with van der Waals surface area (Å²) in [5.74, 6) is -1.43. The molecule has 3 N–H and O–H groups in total. The van der Waals surface area contributed by atoms with Gasteiger partial charge in [-0.25, -0.2) is 0 Å². The number of aliphatic carboxylic acids is 1. The maximum absolute atomic E-state index is 11.4. The summed E-state index contributed by atoms with van der Waals surface area (Å²) >= 11 is 0. The lowest BCUT2D eigenvalue weighted by molar-refractivity contribution is -0.135. The van der Waals surface area contributed by atoms with Gasteiger partial charge in [0.2, 0.25) is 0 Å². The molecule has 5 nitrogen and oxygen atoms in total. The minimum atomic E-state index is -0.904. The second-order valence-electron chi connectivity index (χ2n) is 4.64. The van der Waals surface area contributed by atoms with Crippen LogP contribution in [0.5, 0.6) is 0 Å². The van der Waals surface area contributed by atoms with Gasteiger partial charge >= 0.3 is 5.97 Å². The summed E-state index contributed by atoms with van der Waals surface area (Å²) in [5, 5.41) is 8.96. The molecule has 1 aromatic rings. The van der Waals surface area contributed by atoms with Crippen LogP contribution in [0.25, 0.3) is 0 Å². The molecule has 18 heavy (non-hydrogen) atoms. The molecule has 1 aliphatic rings. The van der Waals surface area contributed by atoms with Crippen LogP contribution in [-0.2, 0) is 4.79 Å². The number of nitrogens with zero attached hydrogens (tertiary/aromatic N) is 1. The van der Waals surface area contributed by atoms with Gasteiger partial charge in [-0.1, -0.05) is 6.07 Å². The van der Waals surface area contributed by atoms with Gasteiger partial charge in [-0.3, -0.25) is 9.59 Å².